The summed E-state index contributed by atoms with van der Waals surface area (Å²) in [5.41, 5.74) is 20.2. The van der Waals surface area contributed by atoms with Crippen molar-refractivity contribution in [1.82, 2.24) is 19.9 Å². The van der Waals surface area contributed by atoms with Crippen LogP contribution < -0.4 is 19.6 Å². The minimum absolute atomic E-state index is 0. The van der Waals surface area contributed by atoms with E-state index in [4.69, 9.17) is 0 Å². The number of aliphatic imine (C=N–C) groups is 2. The fourth-order valence-corrected chi connectivity index (χ4v) is 10.8. The molecule has 2 aliphatic rings. The van der Waals surface area contributed by atoms with Crippen LogP contribution in [-0.2, 0) is 42.1 Å². The molecule has 0 saturated heterocycles. The van der Waals surface area contributed by atoms with Crippen LogP contribution in [0.15, 0.2) is 277 Å². The van der Waals surface area contributed by atoms with E-state index < -0.39 is 0 Å². The fourth-order valence-electron chi connectivity index (χ4n) is 10.8. The number of hydrogen-bond acceptors (Lipinski definition) is 10. The second kappa shape index (κ2) is 32.6. The van der Waals surface area contributed by atoms with E-state index in [2.05, 4.69) is 187 Å². The number of benzene rings is 10. The van der Waals surface area contributed by atoms with Crippen LogP contribution in [0.4, 0.5) is 68.8 Å². The van der Waals surface area contributed by atoms with Crippen LogP contribution in [0.2, 0.25) is 0 Å². The first kappa shape index (κ1) is 66.3. The minimum Gasteiger partial charge on any atom is -0.477 e. The third-order valence-corrected chi connectivity index (χ3v) is 14.6. The molecule has 0 unspecified atom stereocenters. The van der Waals surface area contributed by atoms with Gasteiger partial charge in [0, 0.05) is 78.3 Å². The molecule has 0 N–H and O–H groups in total. The molecule has 12 aromatic rings. The minimum atomic E-state index is 0. The monoisotopic (exact) mass is 1560 g/mol. The second-order valence-electron chi connectivity index (χ2n) is 21.4. The largest absolute Gasteiger partial charge is 0.477 e. The topological polar surface area (TPSA) is 117 Å². The zero-order valence-corrected chi connectivity index (χ0v) is 56.3. The summed E-state index contributed by atoms with van der Waals surface area (Å²) in [5.74, 6) is 3.22. The number of aromatic nitrogens is 4. The zero-order valence-electron chi connectivity index (χ0n) is 51.7. The Kier molecular flexibility index (Phi) is 23.5. The van der Waals surface area contributed by atoms with Gasteiger partial charge in [-0.25, -0.2) is 19.9 Å². The summed E-state index contributed by atoms with van der Waals surface area (Å²) in [6, 6.07) is 87.7. The Morgan fingerprint density at radius 2 is 0.652 bits per heavy atom. The van der Waals surface area contributed by atoms with Crippen molar-refractivity contribution < 1.29 is 42.1 Å². The molecule has 14 heteroatoms. The second-order valence-corrected chi connectivity index (χ2v) is 21.4. The van der Waals surface area contributed by atoms with Crippen molar-refractivity contribution >= 4 is 81.4 Å². The standard InChI is InChI=1S/2C26H22N4.2C13H11N2.2Pt/c2*1-18-14-19(2)24(20(3)15-18)21-8-7-11-23(16-21)30-17-29(22-9-5-4-6-10-22)25-26(30)28-13-12-27-25;2*1-3-7-12(8-4-1)14-11-15-13-9-5-2-6-10-13;;/h2*4-10,12-17H,1-3H3;2*1-11H;;/q2*-2;2*-1;;. The van der Waals surface area contributed by atoms with Crippen LogP contribution in [0.5, 0.6) is 0 Å². The summed E-state index contributed by atoms with van der Waals surface area (Å²) in [4.78, 5) is 35.0. The average molecular weight is 1560 g/mol. The van der Waals surface area contributed by atoms with Gasteiger partial charge in [0.2, 0.25) is 0 Å². The molecule has 0 amide bonds. The first-order chi connectivity index (χ1) is 44.1. The third-order valence-electron chi connectivity index (χ3n) is 14.6. The molecule has 92 heavy (non-hydrogen) atoms. The van der Waals surface area contributed by atoms with Crippen LogP contribution in [0.3, 0.4) is 0 Å². The summed E-state index contributed by atoms with van der Waals surface area (Å²) in [7, 11) is 0. The van der Waals surface area contributed by atoms with E-state index in [0.717, 1.165) is 68.8 Å². The van der Waals surface area contributed by atoms with Crippen molar-refractivity contribution in [1.29, 1.82) is 0 Å². The third kappa shape index (κ3) is 16.8. The SMILES string of the molecule is C(=Nc1ccccc1)[N-]c1ccccc1.C(=Nc1ccccc1)[N-]c1ccccc1.Cc1cc(C)c(-c2cc[c-]c(N3[CH-]N(c4ccccc4)c4nccnc43)c2)c(C)c1.Cc1cc(C)c(-c2cc[c-]c(N3[CH-]N(c4ccccc4)c4nccnc43)c2)c(C)c1.[Pt].[Pt]. The van der Waals surface area contributed by atoms with E-state index in [9.17, 15) is 0 Å². The molecule has 2 aliphatic heterocycles. The normalized spacial score (nSPS) is 11.8. The number of hydrogen-bond donors (Lipinski definition) is 0. The van der Waals surface area contributed by atoms with E-state index in [1.807, 2.05) is 183 Å². The van der Waals surface area contributed by atoms with Crippen LogP contribution in [-0.4, -0.2) is 32.6 Å². The van der Waals surface area contributed by atoms with Gasteiger partial charge in [0.15, 0.2) is 0 Å². The summed E-state index contributed by atoms with van der Waals surface area (Å²) in [6.07, 6.45) is 10.1. The van der Waals surface area contributed by atoms with E-state index in [0.29, 0.717) is 0 Å². The van der Waals surface area contributed by atoms with Crippen LogP contribution >= 0.6 is 0 Å². The van der Waals surface area contributed by atoms with Gasteiger partial charge in [-0.2, -0.15) is 36.4 Å². The smallest absolute Gasteiger partial charge is 0.145 e. The molecule has 464 valence electrons. The van der Waals surface area contributed by atoms with E-state index in [-0.39, 0.29) is 42.1 Å². The van der Waals surface area contributed by atoms with Crippen LogP contribution in [0.25, 0.3) is 32.9 Å². The Hall–Kier alpha value is -10.1. The summed E-state index contributed by atoms with van der Waals surface area (Å²) < 4.78 is 0. The molecule has 0 bridgehead atoms. The number of nitrogens with zero attached hydrogens (tertiary/aromatic N) is 12. The molecule has 2 aromatic heterocycles. The molecular weight excluding hydrogens is 1500 g/mol. The molecule has 0 atom stereocenters. The van der Waals surface area contributed by atoms with Crippen molar-refractivity contribution in [3.8, 4) is 22.3 Å². The summed E-state index contributed by atoms with van der Waals surface area (Å²) in [6.45, 7) is 17.0. The first-order valence-electron chi connectivity index (χ1n) is 29.6. The van der Waals surface area contributed by atoms with Gasteiger partial charge in [-0.05, 0) is 122 Å². The van der Waals surface area contributed by atoms with E-state index in [1.165, 1.54) is 55.6 Å². The van der Waals surface area contributed by atoms with Crippen molar-refractivity contribution in [2.45, 2.75) is 41.5 Å². The van der Waals surface area contributed by atoms with Crippen molar-refractivity contribution in [3.05, 3.63) is 337 Å². The average Bonchev–Trinajstić information content (AvgIpc) is 1.62. The maximum Gasteiger partial charge on any atom is 0.145 e. The number of rotatable bonds is 12. The number of aryl methyl sites for hydroxylation is 6. The Morgan fingerprint density at radius 1 is 0.359 bits per heavy atom. The molecule has 0 fully saturated rings. The molecule has 0 spiro atoms. The van der Waals surface area contributed by atoms with Gasteiger partial charge in [0.05, 0.1) is 0 Å². The van der Waals surface area contributed by atoms with E-state index in [1.54, 1.807) is 37.5 Å². The van der Waals surface area contributed by atoms with Gasteiger partial charge in [0.25, 0.3) is 0 Å². The Morgan fingerprint density at radius 3 is 0.978 bits per heavy atom. The Bertz CT molecular complexity index is 4030. The summed E-state index contributed by atoms with van der Waals surface area (Å²) >= 11 is 0. The number of fused-ring (bicyclic) bond motifs is 2. The zero-order chi connectivity index (χ0) is 62.0. The number of para-hydroxylation sites is 6. The van der Waals surface area contributed by atoms with Gasteiger partial charge in [0.1, 0.15) is 23.3 Å². The van der Waals surface area contributed by atoms with Gasteiger partial charge in [-0.3, -0.25) is 0 Å². The summed E-state index contributed by atoms with van der Waals surface area (Å²) in [5, 5.41) is 8.42. The molecule has 14 rings (SSSR count). The molecule has 0 aliphatic carbocycles. The molecule has 0 saturated carbocycles. The fraction of sp³-hybridized carbons (Fsp3) is 0.0769. The molecule has 0 radical (unpaired) electrons. The maximum absolute atomic E-state index is 4.61. The Labute approximate surface area is 569 Å². The predicted molar refractivity (Wildman–Crippen MR) is 372 cm³/mol. The maximum atomic E-state index is 4.61. The molecular formula is C78H66N12Pt2-6. The molecule has 12 nitrogen and oxygen atoms in total. The quantitative estimate of drug-likeness (QED) is 0.0674. The first-order valence-corrected chi connectivity index (χ1v) is 29.6. The van der Waals surface area contributed by atoms with Crippen molar-refractivity contribution in [2.75, 3.05) is 19.6 Å². The predicted octanol–water partition coefficient (Wildman–Crippen LogP) is 20.7. The van der Waals surface area contributed by atoms with Crippen LogP contribution in [0.1, 0.15) is 33.4 Å². The van der Waals surface area contributed by atoms with Gasteiger partial charge >= 0.3 is 0 Å². The van der Waals surface area contributed by atoms with Crippen molar-refractivity contribution in [3.63, 3.8) is 0 Å². The van der Waals surface area contributed by atoms with Gasteiger partial charge in [-0.15, -0.1) is 48.0 Å². The molecule has 4 heterocycles. The Balaban J connectivity index is 0.000000151. The van der Waals surface area contributed by atoms with Crippen LogP contribution in [0, 0.1) is 67.0 Å². The van der Waals surface area contributed by atoms with Crippen molar-refractivity contribution in [2.24, 2.45) is 9.98 Å². The van der Waals surface area contributed by atoms with Gasteiger partial charge < -0.3 is 40.2 Å². The molecule has 10 aromatic carbocycles. The van der Waals surface area contributed by atoms with Gasteiger partial charge in [-0.1, -0.05) is 206 Å². The van der Waals surface area contributed by atoms with E-state index >= 15 is 0 Å². The number of anilines is 8.